The van der Waals surface area contributed by atoms with Gasteiger partial charge in [0.05, 0.1) is 16.0 Å². The Bertz CT molecular complexity index is 3080. The van der Waals surface area contributed by atoms with Crippen molar-refractivity contribution in [3.05, 3.63) is 113 Å². The number of rotatable bonds is 5. The van der Waals surface area contributed by atoms with Crippen molar-refractivity contribution >= 4 is 63.3 Å². The van der Waals surface area contributed by atoms with Gasteiger partial charge in [0.25, 0.3) is 0 Å². The van der Waals surface area contributed by atoms with Crippen molar-refractivity contribution in [1.29, 1.82) is 0 Å². The number of nitrogens with one attached hydrogen (secondary N) is 3. The molecule has 3 N–H and O–H groups in total. The highest BCUT2D eigenvalue weighted by Crippen LogP contribution is 2.33. The number of allylic oxidation sites excluding steroid dienone is 6. The average Bonchev–Trinajstić information content (AvgIpc) is 1.68. The van der Waals surface area contributed by atoms with E-state index in [0.29, 0.717) is 42.6 Å². The maximum absolute atomic E-state index is 13.3. The molecule has 0 spiro atoms. The predicted octanol–water partition coefficient (Wildman–Crippen LogP) is 18.0. The zero-order valence-corrected chi connectivity index (χ0v) is 68.3. The van der Waals surface area contributed by atoms with Crippen LogP contribution in [0.3, 0.4) is 0 Å². The van der Waals surface area contributed by atoms with Crippen LogP contribution < -0.4 is 16.0 Å². The van der Waals surface area contributed by atoms with Gasteiger partial charge in [0.2, 0.25) is 29.5 Å². The Morgan fingerprint density at radius 3 is 1.24 bits per heavy atom. The molecule has 568 valence electrons. The molecule has 1 aromatic rings. The van der Waals surface area contributed by atoms with Crippen molar-refractivity contribution in [1.82, 2.24) is 35.5 Å². The molecule has 1 unspecified atom stereocenters. The van der Waals surface area contributed by atoms with Crippen molar-refractivity contribution in [2.24, 2.45) is 16.7 Å². The Kier molecular flexibility index (Phi) is 42.4. The second kappa shape index (κ2) is 42.3. The van der Waals surface area contributed by atoms with Gasteiger partial charge in [-0.1, -0.05) is 72.9 Å². The third-order valence-corrected chi connectivity index (χ3v) is 16.7. The number of nitrogens with zero attached hydrogens (tertiary/aromatic N) is 4. The molecule has 5 aliphatic rings. The molecule has 0 saturated carbocycles. The first-order valence-corrected chi connectivity index (χ1v) is 35.7. The Labute approximate surface area is 603 Å². The van der Waals surface area contributed by atoms with Gasteiger partial charge in [-0.2, -0.15) is 5.10 Å². The molecule has 3 heterocycles. The number of sulfone groups is 1. The lowest BCUT2D eigenvalue weighted by molar-refractivity contribution is -0.131. The molecule has 0 radical (unpaired) electrons. The van der Waals surface area contributed by atoms with Gasteiger partial charge in [-0.05, 0) is 260 Å². The largest absolute Gasteiger partial charge is 0.348 e. The standard InChI is InChI=1S/C11H18FNO.C10H16FNO.C10H16O.C9H16FNO.C9H15NO.C8H14N2.C8H13NO.C7H12O.C6H12O2S.ClH/c1-11(2,3)13-10(14)8-6-4-5-7-9(8)12;1-10(2,3)12-9(13)7-5-4-6-8(7)11;1-10(2,3)8-6-4-5-7-9(8)11;1-6(7(2)10)8(12)11-9(3,4)5;1-9(2,3)10-7-5-4-6-8(10)11;1-7-5-6-10(9-7)8(2,3)4;1-8(2,3)9-6-4-5-7(9)10;1-5-6(8)7(2,3)4;1-5-9(7,8)6(2,3)4;/h4-7H2,1-3H3,(H,13,14);4-6H2,1-3H3,(H,12,13);5,7-8H,4,6H2,1-3H3;1-5H3,(H,11,12);4,6H,5,7H2,1-3H3;5-6H,1-4H3;4-5H,6H2,1-3H3;5H,1H2,2-4H3;5H,1H2,2-4H3;1H/b;;;7-6-;;;;;;. The van der Waals surface area contributed by atoms with Crippen molar-refractivity contribution in [3.8, 4) is 0 Å². The fourth-order valence-corrected chi connectivity index (χ4v) is 9.19. The summed E-state index contributed by atoms with van der Waals surface area (Å²) in [6.07, 6.45) is 21.8. The number of aromatic nitrogens is 2. The Morgan fingerprint density at radius 2 is 1.00 bits per heavy atom. The van der Waals surface area contributed by atoms with Crippen molar-refractivity contribution in [3.63, 3.8) is 0 Å². The summed E-state index contributed by atoms with van der Waals surface area (Å²) in [5.41, 5.74) is 0.990. The first-order valence-electron chi connectivity index (χ1n) is 34.2. The van der Waals surface area contributed by atoms with Crippen LogP contribution in [0, 0.1) is 23.7 Å². The molecule has 21 heteroatoms. The van der Waals surface area contributed by atoms with Gasteiger partial charge in [0.15, 0.2) is 21.4 Å². The van der Waals surface area contributed by atoms with E-state index in [4.69, 9.17) is 0 Å². The van der Waals surface area contributed by atoms with Crippen molar-refractivity contribution in [2.45, 2.75) is 310 Å². The molecule has 1 atom stereocenters. The van der Waals surface area contributed by atoms with Crippen molar-refractivity contribution in [2.75, 3.05) is 13.1 Å². The van der Waals surface area contributed by atoms with Crippen LogP contribution in [0.15, 0.2) is 108 Å². The van der Waals surface area contributed by atoms with Gasteiger partial charge in [-0.25, -0.2) is 21.6 Å². The lowest BCUT2D eigenvalue weighted by Crippen LogP contribution is -2.46. The molecular formula is C78H133ClF3N7O9S. The number of amides is 5. The lowest BCUT2D eigenvalue weighted by atomic mass is 9.74. The zero-order chi connectivity index (χ0) is 77.8. The summed E-state index contributed by atoms with van der Waals surface area (Å²) in [6.45, 7) is 65.5. The van der Waals surface area contributed by atoms with E-state index in [1.165, 1.54) is 19.9 Å². The number of ketones is 2. The highest BCUT2D eigenvalue weighted by atomic mass is 35.5. The molecular weight excluding hydrogens is 1300 g/mol. The van der Waals surface area contributed by atoms with E-state index in [1.807, 2.05) is 156 Å². The van der Waals surface area contributed by atoms with E-state index in [1.54, 1.807) is 39.0 Å². The van der Waals surface area contributed by atoms with Gasteiger partial charge in [0.1, 0.15) is 17.5 Å². The summed E-state index contributed by atoms with van der Waals surface area (Å²) in [7, 11) is -3.07. The van der Waals surface area contributed by atoms with E-state index in [9.17, 15) is 55.2 Å². The summed E-state index contributed by atoms with van der Waals surface area (Å²) in [6, 6.07) is 2.02. The topological polar surface area (TPSA) is 214 Å². The normalized spacial score (nSPS) is 16.8. The summed E-state index contributed by atoms with van der Waals surface area (Å²) < 4.78 is 61.9. The van der Waals surface area contributed by atoms with Crippen LogP contribution in [0.1, 0.15) is 271 Å². The van der Waals surface area contributed by atoms with E-state index in [2.05, 4.69) is 96.5 Å². The van der Waals surface area contributed by atoms with Crippen LogP contribution in [0.4, 0.5) is 13.2 Å². The average molecular weight is 1440 g/mol. The minimum Gasteiger partial charge on any atom is -0.348 e. The Hall–Kier alpha value is -6.15. The van der Waals surface area contributed by atoms with Gasteiger partial charge < -0.3 is 25.8 Å². The Morgan fingerprint density at radius 1 is 0.586 bits per heavy atom. The number of aryl methyl sites for hydroxylation is 1. The molecule has 0 bridgehead atoms. The SMILES string of the molecule is C/C(F)=C(\C)C(=O)NC(C)(C)C.C=CC(=O)C(C)(C)C.C=CS(=O)(=O)C(C)(C)C.CC(C)(C)C1CCC=CC1=O.CC(C)(C)N1CC=CC1=O.CC(C)(C)N1CCC=CC1=O.CC(C)(C)NC(=O)C1=C(F)CCC1.CC(C)(C)NC(=O)C1=C(F)CCCC1.Cc1ccn(C(C)(C)C)n1.Cl. The molecule has 6 rings (SSSR count). The molecule has 99 heavy (non-hydrogen) atoms. The quantitative estimate of drug-likeness (QED) is 0.237. The monoisotopic (exact) mass is 1440 g/mol. The summed E-state index contributed by atoms with van der Waals surface area (Å²) in [4.78, 5) is 82.4. The predicted molar refractivity (Wildman–Crippen MR) is 407 cm³/mol. The number of carbonyl (C=O) groups is 7. The highest BCUT2D eigenvalue weighted by molar-refractivity contribution is 7.95. The zero-order valence-electron chi connectivity index (χ0n) is 66.7. The molecule has 0 saturated heterocycles. The number of carbonyl (C=O) groups excluding carboxylic acids is 7. The van der Waals surface area contributed by atoms with Gasteiger partial charge >= 0.3 is 0 Å². The molecule has 16 nitrogen and oxygen atoms in total. The molecule has 0 fully saturated rings. The number of hydrogen-bond acceptors (Lipinski definition) is 10. The number of hydrogen-bond donors (Lipinski definition) is 3. The first-order chi connectivity index (χ1) is 43.9. The minimum absolute atomic E-state index is 0. The molecule has 0 aromatic carbocycles. The van der Waals surface area contributed by atoms with Crippen molar-refractivity contribution < 1.29 is 55.2 Å². The van der Waals surface area contributed by atoms with Crippen LogP contribution in [0.25, 0.3) is 0 Å². The second-order valence-electron chi connectivity index (χ2n) is 34.0. The summed E-state index contributed by atoms with van der Waals surface area (Å²) in [5, 5.41) is 13.5. The van der Waals surface area contributed by atoms with Crippen LogP contribution in [0.5, 0.6) is 0 Å². The van der Waals surface area contributed by atoms with E-state index in [-0.39, 0.29) is 115 Å². The molecule has 1 aromatic heterocycles. The third-order valence-electron chi connectivity index (χ3n) is 14.6. The first kappa shape index (κ1) is 99.2. The smallest absolute Gasteiger partial charge is 0.250 e. The Balaban J connectivity index is -0.000000514. The van der Waals surface area contributed by atoms with Crippen LogP contribution >= 0.6 is 12.4 Å². The molecule has 2 aliphatic heterocycles. The molecule has 3 aliphatic carbocycles. The fourth-order valence-electron chi connectivity index (χ4n) is 8.69. The lowest BCUT2D eigenvalue weighted by Gasteiger charge is -2.36. The fraction of sp³-hybridized carbons (Fsp3) is 0.667. The van der Waals surface area contributed by atoms with Gasteiger partial charge in [-0.15, -0.1) is 12.4 Å². The maximum Gasteiger partial charge on any atom is 0.250 e. The van der Waals surface area contributed by atoms with Crippen LogP contribution in [-0.2, 0) is 48.9 Å². The van der Waals surface area contributed by atoms with E-state index < -0.39 is 20.4 Å². The van der Waals surface area contributed by atoms with Crippen LogP contribution in [-0.4, -0.2) is 115 Å². The maximum atomic E-state index is 13.3. The van der Waals surface area contributed by atoms with E-state index >= 15 is 0 Å². The van der Waals surface area contributed by atoms with Gasteiger partial charge in [0, 0.05) is 86.5 Å². The summed E-state index contributed by atoms with van der Waals surface area (Å²) in [5.74, 6) is -0.804. The third kappa shape index (κ3) is 43.3. The minimum atomic E-state index is -3.07. The summed E-state index contributed by atoms with van der Waals surface area (Å²) >= 11 is 0. The van der Waals surface area contributed by atoms with Crippen LogP contribution in [0.2, 0.25) is 0 Å². The van der Waals surface area contributed by atoms with E-state index in [0.717, 1.165) is 62.7 Å². The highest BCUT2D eigenvalue weighted by Gasteiger charge is 2.32. The van der Waals surface area contributed by atoms with Gasteiger partial charge in [-0.3, -0.25) is 38.2 Å². The number of halogens is 4. The second-order valence-corrected chi connectivity index (χ2v) is 36.6. The molecule has 5 amide bonds.